The molecular weight excluding hydrogens is 599 g/mol. The number of hydrogen-bond donors (Lipinski definition) is 0. The number of aromatic nitrogens is 2. The fourth-order valence-electron chi connectivity index (χ4n) is 5.70. The molecule has 0 bridgehead atoms. The molecule has 0 N–H and O–H groups in total. The molecule has 2 amide bonds. The van der Waals surface area contributed by atoms with Gasteiger partial charge in [0.15, 0.2) is 15.3 Å². The first-order chi connectivity index (χ1) is 20.3. The topological polar surface area (TPSA) is 96.6 Å². The number of thioether (sulfide) groups is 1. The van der Waals surface area contributed by atoms with Crippen molar-refractivity contribution >= 4 is 68.3 Å². The summed E-state index contributed by atoms with van der Waals surface area (Å²) in [7, 11) is 0. The molecule has 8 nitrogen and oxygen atoms in total. The number of carbonyl (C=O) groups excluding carboxylic acids is 2. The lowest BCUT2D eigenvalue weighted by molar-refractivity contribution is -0.121. The van der Waals surface area contributed by atoms with Crippen LogP contribution >= 0.6 is 34.7 Å². The Hall–Kier alpha value is -4.06. The highest BCUT2D eigenvalue weighted by Gasteiger charge is 2.66. The first-order valence-electron chi connectivity index (χ1n) is 13.1. The first-order valence-corrected chi connectivity index (χ1v) is 15.3. The zero-order chi connectivity index (χ0) is 29.2. The van der Waals surface area contributed by atoms with Gasteiger partial charge in [-0.25, -0.2) is 4.39 Å². The molecule has 42 heavy (non-hydrogen) atoms. The van der Waals surface area contributed by atoms with Gasteiger partial charge in [-0.1, -0.05) is 72.0 Å². The van der Waals surface area contributed by atoms with Crippen molar-refractivity contribution in [3.8, 4) is 0 Å². The minimum Gasteiger partial charge on any atom is -0.450 e. The van der Waals surface area contributed by atoms with Gasteiger partial charge in [0.2, 0.25) is 10.9 Å². The number of anilines is 2. The third-order valence-electron chi connectivity index (χ3n) is 7.37. The van der Waals surface area contributed by atoms with Crippen molar-refractivity contribution in [3.05, 3.63) is 110 Å². The van der Waals surface area contributed by atoms with Gasteiger partial charge in [0.1, 0.15) is 11.4 Å². The van der Waals surface area contributed by atoms with E-state index in [-0.39, 0.29) is 27.4 Å². The van der Waals surface area contributed by atoms with Gasteiger partial charge in [-0.3, -0.25) is 19.3 Å². The summed E-state index contributed by atoms with van der Waals surface area (Å²) in [6.45, 7) is 2.30. The zero-order valence-corrected chi connectivity index (χ0v) is 24.4. The second-order valence-electron chi connectivity index (χ2n) is 9.87. The van der Waals surface area contributed by atoms with E-state index in [0.29, 0.717) is 39.3 Å². The van der Waals surface area contributed by atoms with Crippen molar-refractivity contribution in [2.75, 3.05) is 16.3 Å². The predicted molar refractivity (Wildman–Crippen MR) is 160 cm³/mol. The second kappa shape index (κ2) is 10.0. The van der Waals surface area contributed by atoms with Crippen molar-refractivity contribution in [1.82, 2.24) is 10.2 Å². The quantitative estimate of drug-likeness (QED) is 0.161. The number of halogens is 2. The summed E-state index contributed by atoms with van der Waals surface area (Å²) in [6, 6.07) is 18.0. The Labute approximate surface area is 251 Å². The van der Waals surface area contributed by atoms with Crippen molar-refractivity contribution in [2.45, 2.75) is 29.0 Å². The maximum Gasteiger partial charge on any atom is 0.297 e. The van der Waals surface area contributed by atoms with Crippen LogP contribution in [0, 0.1) is 5.82 Å². The number of nitrogens with zero attached hydrogens (tertiary/aromatic N) is 4. The molecule has 3 aromatic carbocycles. The minimum atomic E-state index is -1.90. The number of benzene rings is 3. The van der Waals surface area contributed by atoms with Gasteiger partial charge < -0.3 is 9.32 Å². The second-order valence-corrected chi connectivity index (χ2v) is 12.5. The van der Waals surface area contributed by atoms with E-state index < -0.39 is 28.6 Å². The Balaban J connectivity index is 1.43. The summed E-state index contributed by atoms with van der Waals surface area (Å²) < 4.78 is 20.8. The van der Waals surface area contributed by atoms with Crippen LogP contribution in [0.15, 0.2) is 80.3 Å². The maximum absolute atomic E-state index is 14.6. The smallest absolute Gasteiger partial charge is 0.297 e. The fraction of sp³-hybridized carbons (Fsp3) is 0.167. The molecule has 1 spiro atoms. The highest BCUT2D eigenvalue weighted by atomic mass is 35.5. The lowest BCUT2D eigenvalue weighted by Gasteiger charge is -2.32. The third kappa shape index (κ3) is 3.84. The summed E-state index contributed by atoms with van der Waals surface area (Å²) in [5, 5.41) is 9.32. The van der Waals surface area contributed by atoms with E-state index in [1.165, 1.54) is 22.7 Å². The standard InChI is InChI=1S/C30H20ClFN4O4S2/c1-2-12-35-21-9-4-3-8-20(21)30(27(35)39)23-24(37)19-14-18(32)10-11-22(19)40-25(23)26(38)36(30)28-33-34-29(42-28)41-15-16-6-5-7-17(31)13-16/h3-11,13-14H,2,12,15H2,1H3. The molecule has 5 aromatic rings. The van der Waals surface area contributed by atoms with Gasteiger partial charge in [-0.05, 0) is 48.4 Å². The summed E-state index contributed by atoms with van der Waals surface area (Å²) in [5.41, 5.74) is -0.643. The molecule has 4 heterocycles. The van der Waals surface area contributed by atoms with Crippen LogP contribution in [0.5, 0.6) is 0 Å². The maximum atomic E-state index is 14.6. The molecule has 2 aliphatic rings. The van der Waals surface area contributed by atoms with E-state index in [2.05, 4.69) is 10.2 Å². The van der Waals surface area contributed by atoms with Crippen LogP contribution in [0.2, 0.25) is 5.02 Å². The van der Waals surface area contributed by atoms with Gasteiger partial charge in [-0.2, -0.15) is 0 Å². The average Bonchev–Trinajstić information content (AvgIpc) is 3.62. The Kier molecular flexibility index (Phi) is 6.41. The van der Waals surface area contributed by atoms with Gasteiger partial charge in [0.05, 0.1) is 16.6 Å². The molecule has 210 valence electrons. The Morgan fingerprint density at radius 1 is 1.05 bits per heavy atom. The molecule has 0 aliphatic carbocycles. The van der Waals surface area contributed by atoms with E-state index in [0.717, 1.165) is 29.0 Å². The molecular formula is C30H20ClFN4O4S2. The fourth-order valence-corrected chi connectivity index (χ4v) is 7.75. The van der Waals surface area contributed by atoms with Crippen molar-refractivity contribution in [3.63, 3.8) is 0 Å². The van der Waals surface area contributed by atoms with Gasteiger partial charge in [0, 0.05) is 22.9 Å². The van der Waals surface area contributed by atoms with Crippen LogP contribution in [-0.2, 0) is 16.1 Å². The van der Waals surface area contributed by atoms with E-state index in [9.17, 15) is 18.8 Å². The lowest BCUT2D eigenvalue weighted by atomic mass is 9.84. The van der Waals surface area contributed by atoms with Crippen LogP contribution in [0.3, 0.4) is 0 Å². The SMILES string of the molecule is CCCN1C(=O)C2(c3ccccc31)c1c(oc3ccc(F)cc3c1=O)C(=O)N2c1nnc(SCc2cccc(Cl)c2)s1. The molecule has 1 atom stereocenters. The summed E-state index contributed by atoms with van der Waals surface area (Å²) in [4.78, 5) is 45.8. The van der Waals surface area contributed by atoms with Gasteiger partial charge in [-0.15, -0.1) is 10.2 Å². The van der Waals surface area contributed by atoms with E-state index >= 15 is 0 Å². The average molecular weight is 619 g/mol. The number of amides is 2. The van der Waals surface area contributed by atoms with Gasteiger partial charge in [0.25, 0.3) is 11.8 Å². The van der Waals surface area contributed by atoms with Crippen LogP contribution in [0.4, 0.5) is 15.2 Å². The summed E-state index contributed by atoms with van der Waals surface area (Å²) in [5.74, 6) is -1.54. The number of carbonyl (C=O) groups is 2. The lowest BCUT2D eigenvalue weighted by Crippen LogP contribution is -2.53. The molecule has 0 radical (unpaired) electrons. The Morgan fingerprint density at radius 3 is 2.69 bits per heavy atom. The number of fused-ring (bicyclic) bond motifs is 5. The molecule has 1 unspecified atom stereocenters. The van der Waals surface area contributed by atoms with Crippen molar-refractivity contribution in [1.29, 1.82) is 0 Å². The van der Waals surface area contributed by atoms with Crippen molar-refractivity contribution < 1.29 is 18.4 Å². The Bertz CT molecular complexity index is 2000. The molecule has 0 fully saturated rings. The number of para-hydroxylation sites is 1. The highest BCUT2D eigenvalue weighted by Crippen LogP contribution is 2.54. The molecule has 2 aromatic heterocycles. The largest absolute Gasteiger partial charge is 0.450 e. The van der Waals surface area contributed by atoms with E-state index in [1.54, 1.807) is 35.2 Å². The summed E-state index contributed by atoms with van der Waals surface area (Å²) in [6.07, 6.45) is 0.637. The van der Waals surface area contributed by atoms with E-state index in [4.69, 9.17) is 16.0 Å². The monoisotopic (exact) mass is 618 g/mol. The third-order valence-corrected chi connectivity index (χ3v) is 9.72. The predicted octanol–water partition coefficient (Wildman–Crippen LogP) is 6.39. The number of rotatable bonds is 6. The Morgan fingerprint density at radius 2 is 1.88 bits per heavy atom. The van der Waals surface area contributed by atoms with E-state index in [1.807, 2.05) is 25.1 Å². The molecule has 12 heteroatoms. The molecule has 7 rings (SSSR count). The molecule has 0 saturated carbocycles. The molecule has 2 aliphatic heterocycles. The van der Waals surface area contributed by atoms with Gasteiger partial charge >= 0.3 is 0 Å². The summed E-state index contributed by atoms with van der Waals surface area (Å²) >= 11 is 8.66. The zero-order valence-electron chi connectivity index (χ0n) is 22.0. The van der Waals surface area contributed by atoms with Crippen LogP contribution in [0.25, 0.3) is 11.0 Å². The van der Waals surface area contributed by atoms with Crippen LogP contribution in [0.1, 0.15) is 40.6 Å². The minimum absolute atomic E-state index is 0.0460. The van der Waals surface area contributed by atoms with Crippen LogP contribution in [-0.4, -0.2) is 28.6 Å². The highest BCUT2D eigenvalue weighted by molar-refractivity contribution is 8.00. The van der Waals surface area contributed by atoms with Crippen LogP contribution < -0.4 is 15.2 Å². The first kappa shape index (κ1) is 26.8. The molecule has 0 saturated heterocycles. The van der Waals surface area contributed by atoms with Crippen molar-refractivity contribution in [2.24, 2.45) is 0 Å². The normalized spacial score (nSPS) is 17.5. The number of hydrogen-bond acceptors (Lipinski definition) is 8.